The number of aryl methyl sites for hydroxylation is 1. The second-order valence-electron chi connectivity index (χ2n) is 6.73. The minimum Gasteiger partial charge on any atom is -0.380 e. The summed E-state index contributed by atoms with van der Waals surface area (Å²) >= 11 is 0. The number of benzene rings is 1. The van der Waals surface area contributed by atoms with Crippen molar-refractivity contribution in [3.8, 4) is 0 Å². The van der Waals surface area contributed by atoms with E-state index in [2.05, 4.69) is 36.1 Å². The summed E-state index contributed by atoms with van der Waals surface area (Å²) in [5.74, 6) is 0.639. The van der Waals surface area contributed by atoms with E-state index in [1.54, 1.807) is 0 Å². The van der Waals surface area contributed by atoms with E-state index in [4.69, 9.17) is 10.5 Å². The molecule has 1 aliphatic carbocycles. The highest BCUT2D eigenvalue weighted by atomic mass is 16.5. The molecule has 116 valence electrons. The van der Waals surface area contributed by atoms with E-state index in [1.807, 2.05) is 7.11 Å². The van der Waals surface area contributed by atoms with Gasteiger partial charge in [0.25, 0.3) is 0 Å². The number of likely N-dealkylation sites (tertiary alicyclic amines) is 1. The highest BCUT2D eigenvalue weighted by Gasteiger charge is 2.43. The van der Waals surface area contributed by atoms with Gasteiger partial charge in [0.2, 0.25) is 0 Å². The Balaban J connectivity index is 1.95. The van der Waals surface area contributed by atoms with Crippen LogP contribution in [0.15, 0.2) is 24.3 Å². The van der Waals surface area contributed by atoms with E-state index < -0.39 is 0 Å². The van der Waals surface area contributed by atoms with Crippen molar-refractivity contribution in [2.24, 2.45) is 11.7 Å². The Morgan fingerprint density at radius 2 is 2.19 bits per heavy atom. The SMILES string of the molecule is COC1CN(C2(CN)CCCc3ccccc32)CCC1C. The van der Waals surface area contributed by atoms with E-state index in [9.17, 15) is 0 Å². The van der Waals surface area contributed by atoms with Gasteiger partial charge in [-0.1, -0.05) is 31.2 Å². The topological polar surface area (TPSA) is 38.5 Å². The third-order valence-electron chi connectivity index (χ3n) is 5.69. The molecule has 3 nitrogen and oxygen atoms in total. The summed E-state index contributed by atoms with van der Waals surface area (Å²) < 4.78 is 5.72. The molecule has 0 saturated carbocycles. The molecule has 1 aromatic rings. The molecule has 1 aromatic carbocycles. The number of piperidine rings is 1. The standard InChI is InChI=1S/C18H28N2O/c1-14-9-11-20(12-17(14)21-2)18(13-19)10-5-7-15-6-3-4-8-16(15)18/h3-4,6,8,14,17H,5,7,9-13,19H2,1-2H3. The lowest BCUT2D eigenvalue weighted by Crippen LogP contribution is -2.58. The molecule has 1 aliphatic heterocycles. The van der Waals surface area contributed by atoms with Gasteiger partial charge >= 0.3 is 0 Å². The molecular weight excluding hydrogens is 260 g/mol. The Hall–Kier alpha value is -0.900. The quantitative estimate of drug-likeness (QED) is 0.929. The number of hydrogen-bond donors (Lipinski definition) is 1. The van der Waals surface area contributed by atoms with Crippen molar-refractivity contribution in [2.45, 2.75) is 44.2 Å². The average molecular weight is 288 g/mol. The number of nitrogens with two attached hydrogens (primary N) is 1. The van der Waals surface area contributed by atoms with Crippen molar-refractivity contribution in [3.63, 3.8) is 0 Å². The summed E-state index contributed by atoms with van der Waals surface area (Å²) in [6, 6.07) is 8.89. The van der Waals surface area contributed by atoms with Gasteiger partial charge in [0, 0.05) is 20.2 Å². The summed E-state index contributed by atoms with van der Waals surface area (Å²) in [7, 11) is 1.84. The predicted molar refractivity (Wildman–Crippen MR) is 86.3 cm³/mol. The molecule has 3 heteroatoms. The maximum atomic E-state index is 6.32. The Morgan fingerprint density at radius 1 is 1.38 bits per heavy atom. The van der Waals surface area contributed by atoms with Crippen LogP contribution in [0.25, 0.3) is 0 Å². The summed E-state index contributed by atoms with van der Waals surface area (Å²) in [4.78, 5) is 2.61. The van der Waals surface area contributed by atoms with Crippen molar-refractivity contribution in [1.29, 1.82) is 0 Å². The van der Waals surface area contributed by atoms with Crippen LogP contribution in [-0.2, 0) is 16.7 Å². The number of methoxy groups -OCH3 is 1. The summed E-state index contributed by atoms with van der Waals surface area (Å²) in [5, 5.41) is 0. The van der Waals surface area contributed by atoms with Crippen LogP contribution in [-0.4, -0.2) is 37.7 Å². The summed E-state index contributed by atoms with van der Waals surface area (Å²) in [6.45, 7) is 5.14. The van der Waals surface area contributed by atoms with Crippen LogP contribution in [0.4, 0.5) is 0 Å². The smallest absolute Gasteiger partial charge is 0.0724 e. The first-order valence-corrected chi connectivity index (χ1v) is 8.27. The molecule has 3 unspecified atom stereocenters. The van der Waals surface area contributed by atoms with Gasteiger partial charge in [0.1, 0.15) is 0 Å². The second kappa shape index (κ2) is 6.07. The van der Waals surface area contributed by atoms with Crippen LogP contribution >= 0.6 is 0 Å². The summed E-state index contributed by atoms with van der Waals surface area (Å²) in [6.07, 6.45) is 5.12. The Bertz CT molecular complexity index is 490. The zero-order valence-electron chi connectivity index (χ0n) is 13.3. The highest BCUT2D eigenvalue weighted by molar-refractivity contribution is 5.37. The van der Waals surface area contributed by atoms with Gasteiger partial charge < -0.3 is 10.5 Å². The lowest BCUT2D eigenvalue weighted by Gasteiger charge is -2.51. The Morgan fingerprint density at radius 3 is 2.95 bits per heavy atom. The molecule has 0 aromatic heterocycles. The number of fused-ring (bicyclic) bond motifs is 1. The van der Waals surface area contributed by atoms with E-state index in [-0.39, 0.29) is 5.54 Å². The van der Waals surface area contributed by atoms with Gasteiger partial charge in [-0.25, -0.2) is 0 Å². The van der Waals surface area contributed by atoms with Crippen molar-refractivity contribution in [3.05, 3.63) is 35.4 Å². The molecule has 1 heterocycles. The molecule has 3 rings (SSSR count). The van der Waals surface area contributed by atoms with Gasteiger partial charge in [0.15, 0.2) is 0 Å². The average Bonchev–Trinajstić information content (AvgIpc) is 2.54. The predicted octanol–water partition coefficient (Wildman–Crippen LogP) is 2.53. The second-order valence-corrected chi connectivity index (χ2v) is 6.73. The normalized spacial score (nSPS) is 33.7. The van der Waals surface area contributed by atoms with Gasteiger partial charge in [-0.2, -0.15) is 0 Å². The first kappa shape index (κ1) is 15.0. The van der Waals surface area contributed by atoms with Gasteiger partial charge in [-0.3, -0.25) is 4.90 Å². The molecule has 1 fully saturated rings. The fourth-order valence-electron chi connectivity index (χ4n) is 4.30. The highest BCUT2D eigenvalue weighted by Crippen LogP contribution is 2.41. The van der Waals surface area contributed by atoms with Crippen LogP contribution in [0.2, 0.25) is 0 Å². The fraction of sp³-hybridized carbons (Fsp3) is 0.667. The van der Waals surface area contributed by atoms with Crippen LogP contribution < -0.4 is 5.73 Å². The van der Waals surface area contributed by atoms with Crippen molar-refractivity contribution in [2.75, 3.05) is 26.7 Å². The van der Waals surface area contributed by atoms with Gasteiger partial charge in [0.05, 0.1) is 11.6 Å². The molecule has 0 bridgehead atoms. The Labute approximate surface area is 128 Å². The minimum atomic E-state index is 0.0196. The van der Waals surface area contributed by atoms with Crippen LogP contribution in [0.1, 0.15) is 37.3 Å². The molecule has 0 spiro atoms. The maximum absolute atomic E-state index is 6.32. The molecule has 0 amide bonds. The number of nitrogens with zero attached hydrogens (tertiary/aromatic N) is 1. The third kappa shape index (κ3) is 2.52. The molecule has 0 radical (unpaired) electrons. The van der Waals surface area contributed by atoms with E-state index in [0.717, 1.165) is 13.1 Å². The van der Waals surface area contributed by atoms with Crippen LogP contribution in [0.3, 0.4) is 0 Å². The van der Waals surface area contributed by atoms with E-state index >= 15 is 0 Å². The molecule has 2 aliphatic rings. The van der Waals surface area contributed by atoms with Crippen LogP contribution in [0.5, 0.6) is 0 Å². The first-order valence-electron chi connectivity index (χ1n) is 8.27. The largest absolute Gasteiger partial charge is 0.380 e. The lowest BCUT2D eigenvalue weighted by atomic mass is 9.74. The number of hydrogen-bond acceptors (Lipinski definition) is 3. The minimum absolute atomic E-state index is 0.0196. The van der Waals surface area contributed by atoms with Crippen molar-refractivity contribution in [1.82, 2.24) is 4.90 Å². The fourth-order valence-corrected chi connectivity index (χ4v) is 4.30. The van der Waals surface area contributed by atoms with E-state index in [0.29, 0.717) is 18.6 Å². The monoisotopic (exact) mass is 288 g/mol. The number of rotatable bonds is 3. The summed E-state index contributed by atoms with van der Waals surface area (Å²) in [5.41, 5.74) is 9.29. The van der Waals surface area contributed by atoms with Gasteiger partial charge in [-0.05, 0) is 49.3 Å². The van der Waals surface area contributed by atoms with Gasteiger partial charge in [-0.15, -0.1) is 0 Å². The molecular formula is C18H28N2O. The number of ether oxygens (including phenoxy) is 1. The molecule has 1 saturated heterocycles. The zero-order valence-corrected chi connectivity index (χ0v) is 13.3. The Kier molecular flexibility index (Phi) is 4.34. The lowest BCUT2D eigenvalue weighted by molar-refractivity contribution is -0.0515. The van der Waals surface area contributed by atoms with Crippen LogP contribution in [0, 0.1) is 5.92 Å². The van der Waals surface area contributed by atoms with E-state index in [1.165, 1.54) is 36.8 Å². The molecule has 3 atom stereocenters. The zero-order chi connectivity index (χ0) is 14.9. The molecule has 2 N–H and O–H groups in total. The molecule has 21 heavy (non-hydrogen) atoms. The van der Waals surface area contributed by atoms with Crippen molar-refractivity contribution < 1.29 is 4.74 Å². The van der Waals surface area contributed by atoms with Crippen molar-refractivity contribution >= 4 is 0 Å². The first-order chi connectivity index (χ1) is 10.2. The third-order valence-corrected chi connectivity index (χ3v) is 5.69. The maximum Gasteiger partial charge on any atom is 0.0724 e.